The minimum absolute atomic E-state index is 0.0389. The van der Waals surface area contributed by atoms with Crippen molar-refractivity contribution >= 4 is 34.8 Å². The lowest BCUT2D eigenvalue weighted by molar-refractivity contribution is -0.892. The number of carbonyl (C=O) groups excluding carboxylic acids is 2. The van der Waals surface area contributed by atoms with E-state index in [1.165, 1.54) is 4.90 Å². The highest BCUT2D eigenvalue weighted by molar-refractivity contribution is 6.30. The number of primary amides is 1. The van der Waals surface area contributed by atoms with Gasteiger partial charge in [-0.25, -0.2) is 0 Å². The summed E-state index contributed by atoms with van der Waals surface area (Å²) in [5.74, 6) is -0.520. The summed E-state index contributed by atoms with van der Waals surface area (Å²) in [4.78, 5) is 26.8. The monoisotopic (exact) mass is 373 g/mol. The van der Waals surface area contributed by atoms with Gasteiger partial charge in [0.05, 0.1) is 26.2 Å². The Bertz CT molecular complexity index is 786. The molecule has 2 aromatic carbocycles. The number of nitrogens with two attached hydrogens (primary N) is 1. The van der Waals surface area contributed by atoms with Crippen LogP contribution < -0.4 is 20.9 Å². The van der Waals surface area contributed by atoms with Crippen molar-refractivity contribution < 1.29 is 14.5 Å². The molecular weight excluding hydrogens is 352 g/mol. The number of hydrogen-bond donors (Lipinski definition) is 3. The fourth-order valence-electron chi connectivity index (χ4n) is 3.08. The van der Waals surface area contributed by atoms with Gasteiger partial charge in [-0.2, -0.15) is 0 Å². The lowest BCUT2D eigenvalue weighted by Gasteiger charge is -2.33. The zero-order valence-corrected chi connectivity index (χ0v) is 15.1. The highest BCUT2D eigenvalue weighted by Crippen LogP contribution is 2.19. The molecule has 4 N–H and O–H groups in total. The number of quaternary nitrogens is 1. The third kappa shape index (κ3) is 4.74. The van der Waals surface area contributed by atoms with E-state index in [0.717, 1.165) is 36.9 Å². The number of piperazine rings is 1. The Morgan fingerprint density at radius 3 is 2.42 bits per heavy atom. The number of hydrogen-bond acceptors (Lipinski definition) is 3. The van der Waals surface area contributed by atoms with Crippen LogP contribution in [-0.2, 0) is 4.79 Å². The van der Waals surface area contributed by atoms with Crippen molar-refractivity contribution in [2.24, 2.45) is 5.73 Å². The summed E-state index contributed by atoms with van der Waals surface area (Å²) in [7, 11) is 0. The molecule has 2 aromatic rings. The molecule has 0 bridgehead atoms. The molecule has 1 saturated heterocycles. The number of amides is 2. The molecule has 0 aliphatic carbocycles. The minimum Gasteiger partial charge on any atom is -0.366 e. The molecule has 3 rings (SSSR count). The second kappa shape index (κ2) is 8.21. The number of rotatable bonds is 5. The van der Waals surface area contributed by atoms with Crippen molar-refractivity contribution in [3.8, 4) is 0 Å². The van der Waals surface area contributed by atoms with Gasteiger partial charge < -0.3 is 20.9 Å². The highest BCUT2D eigenvalue weighted by Gasteiger charge is 2.22. The van der Waals surface area contributed by atoms with E-state index < -0.39 is 5.91 Å². The summed E-state index contributed by atoms with van der Waals surface area (Å²) in [6, 6.07) is 14.4. The van der Waals surface area contributed by atoms with Crippen LogP contribution in [0.4, 0.5) is 11.4 Å². The van der Waals surface area contributed by atoms with E-state index >= 15 is 0 Å². The quantitative estimate of drug-likeness (QED) is 0.724. The van der Waals surface area contributed by atoms with Crippen molar-refractivity contribution in [1.82, 2.24) is 0 Å². The fourth-order valence-corrected chi connectivity index (χ4v) is 3.27. The third-order valence-electron chi connectivity index (χ3n) is 4.51. The molecular formula is C19H22ClN4O2+. The van der Waals surface area contributed by atoms with Gasteiger partial charge >= 0.3 is 0 Å². The van der Waals surface area contributed by atoms with E-state index in [-0.39, 0.29) is 5.91 Å². The molecule has 2 amide bonds. The summed E-state index contributed by atoms with van der Waals surface area (Å²) in [5, 5.41) is 3.60. The van der Waals surface area contributed by atoms with Crippen LogP contribution in [0.2, 0.25) is 5.02 Å². The van der Waals surface area contributed by atoms with Crippen molar-refractivity contribution in [3.05, 3.63) is 59.1 Å². The average molecular weight is 374 g/mol. The van der Waals surface area contributed by atoms with E-state index in [1.54, 1.807) is 24.3 Å². The SMILES string of the molecule is NC(=O)c1ccc(NC(=O)C[NH+]2CCN(c3cccc(Cl)c3)CC2)cc1. The molecule has 0 unspecified atom stereocenters. The molecule has 0 spiro atoms. The zero-order chi connectivity index (χ0) is 18.5. The van der Waals surface area contributed by atoms with Gasteiger partial charge in [0.2, 0.25) is 5.91 Å². The number of anilines is 2. The Balaban J connectivity index is 1.48. The number of nitrogens with one attached hydrogen (secondary N) is 2. The molecule has 136 valence electrons. The van der Waals surface area contributed by atoms with Crippen molar-refractivity contribution in [1.29, 1.82) is 0 Å². The lowest BCUT2D eigenvalue weighted by atomic mass is 10.2. The Kier molecular flexibility index (Phi) is 5.75. The Morgan fingerprint density at radius 1 is 1.12 bits per heavy atom. The molecule has 1 fully saturated rings. The number of nitrogens with zero attached hydrogens (tertiary/aromatic N) is 1. The average Bonchev–Trinajstić information content (AvgIpc) is 2.62. The molecule has 0 radical (unpaired) electrons. The van der Waals surface area contributed by atoms with E-state index in [1.807, 2.05) is 18.2 Å². The van der Waals surface area contributed by atoms with Crippen molar-refractivity contribution in [3.63, 3.8) is 0 Å². The van der Waals surface area contributed by atoms with Gasteiger partial charge in [-0.05, 0) is 42.5 Å². The second-order valence-electron chi connectivity index (χ2n) is 6.38. The smallest absolute Gasteiger partial charge is 0.279 e. The molecule has 1 aliphatic heterocycles. The Hall–Kier alpha value is -2.57. The summed E-state index contributed by atoms with van der Waals surface area (Å²) in [6.45, 7) is 3.97. The molecule has 1 aliphatic rings. The van der Waals surface area contributed by atoms with Crippen LogP contribution in [0.5, 0.6) is 0 Å². The van der Waals surface area contributed by atoms with Crippen molar-refractivity contribution in [2.45, 2.75) is 0 Å². The van der Waals surface area contributed by atoms with E-state index in [2.05, 4.69) is 16.3 Å². The third-order valence-corrected chi connectivity index (χ3v) is 4.74. The van der Waals surface area contributed by atoms with Crippen LogP contribution in [0, 0.1) is 0 Å². The number of benzene rings is 2. The van der Waals surface area contributed by atoms with Crippen LogP contribution in [0.15, 0.2) is 48.5 Å². The predicted octanol–water partition coefficient (Wildman–Crippen LogP) is 0.783. The zero-order valence-electron chi connectivity index (χ0n) is 14.4. The first-order valence-corrected chi connectivity index (χ1v) is 8.93. The van der Waals surface area contributed by atoms with Crippen LogP contribution in [0.1, 0.15) is 10.4 Å². The molecule has 6 nitrogen and oxygen atoms in total. The first-order valence-electron chi connectivity index (χ1n) is 8.55. The molecule has 7 heteroatoms. The summed E-state index contributed by atoms with van der Waals surface area (Å²) in [5.41, 5.74) is 7.42. The van der Waals surface area contributed by atoms with Crippen LogP contribution in [0.3, 0.4) is 0 Å². The van der Waals surface area contributed by atoms with Gasteiger partial charge in [0.15, 0.2) is 6.54 Å². The predicted molar refractivity (Wildman–Crippen MR) is 103 cm³/mol. The maximum atomic E-state index is 12.2. The first kappa shape index (κ1) is 18.2. The van der Waals surface area contributed by atoms with Gasteiger partial charge in [0, 0.05) is 22.0 Å². The standard InChI is InChI=1S/C19H21ClN4O2/c20-15-2-1-3-17(12-15)24-10-8-23(9-11-24)13-18(25)22-16-6-4-14(5-7-16)19(21)26/h1-7,12H,8-11,13H2,(H2,21,26)(H,22,25)/p+1. The topological polar surface area (TPSA) is 79.9 Å². The van der Waals surface area contributed by atoms with Crippen LogP contribution in [0.25, 0.3) is 0 Å². The maximum Gasteiger partial charge on any atom is 0.279 e. The fraction of sp³-hybridized carbons (Fsp3) is 0.263. The summed E-state index contributed by atoms with van der Waals surface area (Å²) < 4.78 is 0. The Labute approximate surface area is 157 Å². The Morgan fingerprint density at radius 2 is 1.81 bits per heavy atom. The van der Waals surface area contributed by atoms with Gasteiger partial charge in [-0.15, -0.1) is 0 Å². The minimum atomic E-state index is -0.482. The van der Waals surface area contributed by atoms with E-state index in [0.29, 0.717) is 17.8 Å². The van der Waals surface area contributed by atoms with Gasteiger partial charge in [-0.3, -0.25) is 9.59 Å². The highest BCUT2D eigenvalue weighted by atomic mass is 35.5. The summed E-state index contributed by atoms with van der Waals surface area (Å²) in [6.07, 6.45) is 0. The second-order valence-corrected chi connectivity index (χ2v) is 6.82. The van der Waals surface area contributed by atoms with Gasteiger partial charge in [0.25, 0.3) is 5.91 Å². The van der Waals surface area contributed by atoms with E-state index in [9.17, 15) is 9.59 Å². The van der Waals surface area contributed by atoms with Crippen molar-refractivity contribution in [2.75, 3.05) is 42.9 Å². The van der Waals surface area contributed by atoms with Crippen LogP contribution in [-0.4, -0.2) is 44.5 Å². The summed E-state index contributed by atoms with van der Waals surface area (Å²) >= 11 is 6.06. The number of halogens is 1. The largest absolute Gasteiger partial charge is 0.366 e. The molecule has 0 saturated carbocycles. The molecule has 1 heterocycles. The maximum absolute atomic E-state index is 12.2. The molecule has 0 atom stereocenters. The van der Waals surface area contributed by atoms with Crippen LogP contribution >= 0.6 is 11.6 Å². The molecule has 26 heavy (non-hydrogen) atoms. The van der Waals surface area contributed by atoms with Gasteiger partial charge in [0.1, 0.15) is 0 Å². The normalized spacial score (nSPS) is 14.9. The molecule has 0 aromatic heterocycles. The van der Waals surface area contributed by atoms with Gasteiger partial charge in [-0.1, -0.05) is 17.7 Å². The first-order chi connectivity index (χ1) is 12.5. The van der Waals surface area contributed by atoms with E-state index in [4.69, 9.17) is 17.3 Å². The lowest BCUT2D eigenvalue weighted by Crippen LogP contribution is -3.15. The number of carbonyl (C=O) groups is 2.